The summed E-state index contributed by atoms with van der Waals surface area (Å²) >= 11 is 0. The molecule has 1 atom stereocenters. The molecule has 0 saturated carbocycles. The van der Waals surface area contributed by atoms with E-state index in [1.54, 1.807) is 7.11 Å². The van der Waals surface area contributed by atoms with Crippen LogP contribution in [0.15, 0.2) is 0 Å². The van der Waals surface area contributed by atoms with Crippen LogP contribution in [0.5, 0.6) is 0 Å². The van der Waals surface area contributed by atoms with Gasteiger partial charge in [-0.1, -0.05) is 13.8 Å². The number of aliphatic hydroxyl groups is 1. The normalized spacial score (nSPS) is 22.0. The van der Waals surface area contributed by atoms with Gasteiger partial charge in [0.2, 0.25) is 0 Å². The molecule has 0 spiro atoms. The lowest BCUT2D eigenvalue weighted by molar-refractivity contribution is 0.111. The number of likely N-dealkylation sites (tertiary alicyclic amines) is 1. The summed E-state index contributed by atoms with van der Waals surface area (Å²) in [6.45, 7) is 6.30. The Bertz CT molecular complexity index is 78.9. The van der Waals surface area contributed by atoms with Crippen LogP contribution in [0.4, 0.5) is 0 Å². The predicted octanol–water partition coefficient (Wildman–Crippen LogP) is 0.972. The topological polar surface area (TPSA) is 32.7 Å². The average molecular weight is 177 g/mol. The fraction of sp³-hybridized carbons (Fsp3) is 1.00. The van der Waals surface area contributed by atoms with E-state index >= 15 is 0 Å². The van der Waals surface area contributed by atoms with Gasteiger partial charge in [0.25, 0.3) is 0 Å². The zero-order chi connectivity index (χ0) is 9.98. The molecule has 3 heteroatoms. The molecule has 1 rings (SSSR count). The Morgan fingerprint density at radius 3 is 2.00 bits per heavy atom. The standard InChI is InChI=1S/C6H13NO.C2H6.CH4O/c1-7-4-3-6(5-7)8-2;2*1-2/h6H,3-5H2,1-2H3;1-2H3;2H,1H3. The first-order chi connectivity index (χ1) is 5.83. The maximum absolute atomic E-state index is 7.00. The summed E-state index contributed by atoms with van der Waals surface area (Å²) in [5.74, 6) is 0. The summed E-state index contributed by atoms with van der Waals surface area (Å²) in [4.78, 5) is 2.29. The quantitative estimate of drug-likeness (QED) is 0.648. The Labute approximate surface area is 76.3 Å². The van der Waals surface area contributed by atoms with E-state index in [1.807, 2.05) is 13.8 Å². The van der Waals surface area contributed by atoms with Crippen LogP contribution in [0.3, 0.4) is 0 Å². The van der Waals surface area contributed by atoms with Crippen molar-refractivity contribution in [1.82, 2.24) is 4.90 Å². The number of rotatable bonds is 1. The minimum atomic E-state index is 0.500. The molecule has 0 bridgehead atoms. The molecule has 0 aromatic heterocycles. The SMILES string of the molecule is CC.CO.COC1CCN(C)C1. The van der Waals surface area contributed by atoms with Crippen molar-refractivity contribution in [3.63, 3.8) is 0 Å². The summed E-state index contributed by atoms with van der Waals surface area (Å²) < 4.78 is 5.14. The molecular formula is C9H23NO2. The lowest BCUT2D eigenvalue weighted by Crippen LogP contribution is -2.17. The van der Waals surface area contributed by atoms with Crippen molar-refractivity contribution < 1.29 is 9.84 Å². The van der Waals surface area contributed by atoms with Crippen LogP contribution in [0.25, 0.3) is 0 Å². The van der Waals surface area contributed by atoms with Crippen LogP contribution in [-0.2, 0) is 4.74 Å². The number of ether oxygens (including phenoxy) is 1. The third-order valence-corrected chi connectivity index (χ3v) is 1.68. The molecule has 0 amide bonds. The highest BCUT2D eigenvalue weighted by molar-refractivity contribution is 4.71. The first-order valence-corrected chi connectivity index (χ1v) is 4.49. The number of methoxy groups -OCH3 is 1. The first-order valence-electron chi connectivity index (χ1n) is 4.49. The summed E-state index contributed by atoms with van der Waals surface area (Å²) in [7, 11) is 4.91. The van der Waals surface area contributed by atoms with Gasteiger partial charge in [0, 0.05) is 27.3 Å². The molecule has 1 heterocycles. The van der Waals surface area contributed by atoms with Gasteiger partial charge in [-0.25, -0.2) is 0 Å². The largest absolute Gasteiger partial charge is 0.400 e. The monoisotopic (exact) mass is 177 g/mol. The number of aliphatic hydroxyl groups excluding tert-OH is 1. The van der Waals surface area contributed by atoms with Crippen molar-refractivity contribution in [2.45, 2.75) is 26.4 Å². The summed E-state index contributed by atoms with van der Waals surface area (Å²) in [6.07, 6.45) is 1.70. The second kappa shape index (κ2) is 10.9. The Balaban J connectivity index is 0. The van der Waals surface area contributed by atoms with E-state index in [-0.39, 0.29) is 0 Å². The van der Waals surface area contributed by atoms with Crippen LogP contribution in [0.1, 0.15) is 20.3 Å². The van der Waals surface area contributed by atoms with Crippen molar-refractivity contribution in [3.8, 4) is 0 Å². The number of hydrogen-bond acceptors (Lipinski definition) is 3. The third kappa shape index (κ3) is 6.58. The zero-order valence-electron chi connectivity index (χ0n) is 9.00. The Hall–Kier alpha value is -0.120. The van der Waals surface area contributed by atoms with Gasteiger partial charge >= 0.3 is 0 Å². The molecule has 0 aliphatic carbocycles. The van der Waals surface area contributed by atoms with Crippen LogP contribution >= 0.6 is 0 Å². The van der Waals surface area contributed by atoms with E-state index < -0.39 is 0 Å². The second-order valence-corrected chi connectivity index (χ2v) is 2.41. The van der Waals surface area contributed by atoms with Crippen LogP contribution < -0.4 is 0 Å². The van der Waals surface area contributed by atoms with Crippen molar-refractivity contribution in [3.05, 3.63) is 0 Å². The minimum Gasteiger partial charge on any atom is -0.400 e. The van der Waals surface area contributed by atoms with Gasteiger partial charge in [0.15, 0.2) is 0 Å². The zero-order valence-corrected chi connectivity index (χ0v) is 9.00. The smallest absolute Gasteiger partial charge is 0.0710 e. The highest BCUT2D eigenvalue weighted by atomic mass is 16.5. The van der Waals surface area contributed by atoms with Gasteiger partial charge in [-0.05, 0) is 13.5 Å². The summed E-state index contributed by atoms with van der Waals surface area (Å²) in [6, 6.07) is 0. The van der Waals surface area contributed by atoms with E-state index in [9.17, 15) is 0 Å². The van der Waals surface area contributed by atoms with Crippen LogP contribution in [0.2, 0.25) is 0 Å². The second-order valence-electron chi connectivity index (χ2n) is 2.41. The highest BCUT2D eigenvalue weighted by Crippen LogP contribution is 2.07. The van der Waals surface area contributed by atoms with Gasteiger partial charge in [0.05, 0.1) is 6.10 Å². The third-order valence-electron chi connectivity index (χ3n) is 1.68. The minimum absolute atomic E-state index is 0.500. The molecule has 1 N–H and O–H groups in total. The average Bonchev–Trinajstić information content (AvgIpc) is 2.58. The molecule has 3 nitrogen and oxygen atoms in total. The maximum atomic E-state index is 7.00. The van der Waals surface area contributed by atoms with Gasteiger partial charge in [-0.15, -0.1) is 0 Å². The molecule has 0 aromatic carbocycles. The lowest BCUT2D eigenvalue weighted by Gasteiger charge is -2.06. The van der Waals surface area contributed by atoms with Crippen molar-refractivity contribution in [2.24, 2.45) is 0 Å². The first kappa shape index (κ1) is 14.4. The van der Waals surface area contributed by atoms with E-state index in [4.69, 9.17) is 9.84 Å². The fourth-order valence-corrected chi connectivity index (χ4v) is 1.09. The Morgan fingerprint density at radius 1 is 1.33 bits per heavy atom. The molecule has 1 aliphatic heterocycles. The van der Waals surface area contributed by atoms with Gasteiger partial charge in [0.1, 0.15) is 0 Å². The molecule has 1 saturated heterocycles. The number of nitrogens with zero attached hydrogens (tertiary/aromatic N) is 1. The predicted molar refractivity (Wildman–Crippen MR) is 52.4 cm³/mol. The van der Waals surface area contributed by atoms with Crippen LogP contribution in [0, 0.1) is 0 Å². The Kier molecular flexibility index (Phi) is 13.1. The number of hydrogen-bond donors (Lipinski definition) is 1. The molecule has 12 heavy (non-hydrogen) atoms. The Morgan fingerprint density at radius 2 is 1.83 bits per heavy atom. The molecule has 1 unspecified atom stereocenters. The molecular weight excluding hydrogens is 154 g/mol. The molecule has 1 aliphatic rings. The summed E-state index contributed by atoms with van der Waals surface area (Å²) in [5, 5.41) is 7.00. The molecule has 76 valence electrons. The van der Waals surface area contributed by atoms with E-state index in [0.717, 1.165) is 13.7 Å². The van der Waals surface area contributed by atoms with Crippen molar-refractivity contribution in [1.29, 1.82) is 0 Å². The van der Waals surface area contributed by atoms with E-state index in [2.05, 4.69) is 11.9 Å². The fourth-order valence-electron chi connectivity index (χ4n) is 1.09. The van der Waals surface area contributed by atoms with Crippen LogP contribution in [-0.4, -0.2) is 50.5 Å². The maximum Gasteiger partial charge on any atom is 0.0710 e. The van der Waals surface area contributed by atoms with Gasteiger partial charge in [-0.2, -0.15) is 0 Å². The lowest BCUT2D eigenvalue weighted by atomic mass is 10.3. The van der Waals surface area contributed by atoms with Gasteiger partial charge in [-0.3, -0.25) is 0 Å². The van der Waals surface area contributed by atoms with E-state index in [1.165, 1.54) is 13.0 Å². The van der Waals surface area contributed by atoms with Crippen molar-refractivity contribution >= 4 is 0 Å². The highest BCUT2D eigenvalue weighted by Gasteiger charge is 2.17. The summed E-state index contributed by atoms with van der Waals surface area (Å²) in [5.41, 5.74) is 0. The van der Waals surface area contributed by atoms with E-state index in [0.29, 0.717) is 6.10 Å². The van der Waals surface area contributed by atoms with Crippen molar-refractivity contribution in [2.75, 3.05) is 34.4 Å². The number of likely N-dealkylation sites (N-methyl/N-ethyl adjacent to an activating group) is 1. The van der Waals surface area contributed by atoms with Gasteiger partial charge < -0.3 is 14.7 Å². The molecule has 0 radical (unpaired) electrons. The molecule has 0 aromatic rings. The molecule has 1 fully saturated rings.